The molecule has 0 saturated heterocycles. The van der Waals surface area contributed by atoms with E-state index in [4.69, 9.17) is 0 Å². The first-order valence-corrected chi connectivity index (χ1v) is 11.7. The Balaban J connectivity index is 1.59. The summed E-state index contributed by atoms with van der Waals surface area (Å²) in [7, 11) is -3.56. The van der Waals surface area contributed by atoms with Crippen molar-refractivity contribution in [3.63, 3.8) is 0 Å². The van der Waals surface area contributed by atoms with E-state index in [9.17, 15) is 13.2 Å². The van der Waals surface area contributed by atoms with Crippen LogP contribution in [0.5, 0.6) is 0 Å². The first-order valence-electron chi connectivity index (χ1n) is 9.27. The van der Waals surface area contributed by atoms with E-state index >= 15 is 0 Å². The van der Waals surface area contributed by atoms with Crippen molar-refractivity contribution in [2.45, 2.75) is 36.9 Å². The fourth-order valence-electron chi connectivity index (χ4n) is 2.63. The van der Waals surface area contributed by atoms with E-state index in [1.54, 1.807) is 32.3 Å². The molecule has 0 unspecified atom stereocenters. The maximum atomic E-state index is 12.3. The molecule has 1 amide bonds. The number of nitrogens with zero attached hydrogens (tertiary/aromatic N) is 3. The lowest BCUT2D eigenvalue weighted by Crippen LogP contribution is -2.30. The molecule has 0 saturated carbocycles. The number of aryl methyl sites for hydroxylation is 1. The Bertz CT molecular complexity index is 1110. The van der Waals surface area contributed by atoms with Crippen molar-refractivity contribution in [2.75, 3.05) is 11.1 Å². The quantitative estimate of drug-likeness (QED) is 0.517. The molecule has 2 aromatic carbocycles. The van der Waals surface area contributed by atoms with Gasteiger partial charge in [0.05, 0.1) is 10.6 Å². The molecule has 0 fully saturated rings. The molecule has 3 aromatic rings. The maximum Gasteiger partial charge on any atom is 0.240 e. The van der Waals surface area contributed by atoms with Crippen LogP contribution in [0.4, 0.5) is 5.69 Å². The number of amides is 1. The predicted molar refractivity (Wildman–Crippen MR) is 117 cm³/mol. The molecule has 0 spiro atoms. The third-order valence-corrected chi connectivity index (χ3v) is 6.62. The first-order chi connectivity index (χ1) is 14.2. The number of anilines is 1. The normalized spacial score (nSPS) is 11.6. The molecule has 0 bridgehead atoms. The Kier molecular flexibility index (Phi) is 6.91. The van der Waals surface area contributed by atoms with Gasteiger partial charge in [-0.2, -0.15) is 0 Å². The lowest BCUT2D eigenvalue weighted by molar-refractivity contribution is -0.113. The minimum absolute atomic E-state index is 0.138. The summed E-state index contributed by atoms with van der Waals surface area (Å²) in [5.41, 5.74) is 2.59. The standard InChI is InChI=1S/C20H23N5O3S2/c1-14(2)24-30(27,28)18-10-6-16(7-11-18)22-19(26)12-29-20-23-21-13-25(20)17-8-4-15(3)5-9-17/h4-11,13-14,24H,12H2,1-3H3,(H,22,26). The average Bonchev–Trinajstić information content (AvgIpc) is 3.15. The van der Waals surface area contributed by atoms with Crippen LogP contribution in [0.15, 0.2) is 64.9 Å². The lowest BCUT2D eigenvalue weighted by atomic mass is 10.2. The van der Waals surface area contributed by atoms with Crippen LogP contribution in [-0.4, -0.2) is 40.9 Å². The molecule has 8 nitrogen and oxygen atoms in total. The van der Waals surface area contributed by atoms with E-state index < -0.39 is 10.0 Å². The number of carbonyl (C=O) groups excluding carboxylic acids is 1. The van der Waals surface area contributed by atoms with Crippen LogP contribution >= 0.6 is 11.8 Å². The number of nitrogens with one attached hydrogen (secondary N) is 2. The van der Waals surface area contributed by atoms with Crippen molar-refractivity contribution in [3.8, 4) is 5.69 Å². The van der Waals surface area contributed by atoms with Gasteiger partial charge in [-0.25, -0.2) is 13.1 Å². The largest absolute Gasteiger partial charge is 0.325 e. The van der Waals surface area contributed by atoms with Gasteiger partial charge in [0.2, 0.25) is 15.9 Å². The molecule has 30 heavy (non-hydrogen) atoms. The predicted octanol–water partition coefficient (Wildman–Crippen LogP) is 2.99. The van der Waals surface area contributed by atoms with E-state index in [0.29, 0.717) is 10.8 Å². The minimum Gasteiger partial charge on any atom is -0.325 e. The molecule has 1 heterocycles. The van der Waals surface area contributed by atoms with Crippen LogP contribution < -0.4 is 10.0 Å². The van der Waals surface area contributed by atoms with Crippen molar-refractivity contribution in [1.82, 2.24) is 19.5 Å². The van der Waals surface area contributed by atoms with Crippen molar-refractivity contribution in [2.24, 2.45) is 0 Å². The summed E-state index contributed by atoms with van der Waals surface area (Å²) >= 11 is 1.27. The molecule has 0 atom stereocenters. The second-order valence-electron chi connectivity index (χ2n) is 6.96. The number of hydrogen-bond acceptors (Lipinski definition) is 6. The summed E-state index contributed by atoms with van der Waals surface area (Å²) < 4.78 is 28.7. The minimum atomic E-state index is -3.56. The summed E-state index contributed by atoms with van der Waals surface area (Å²) in [6.45, 7) is 5.52. The van der Waals surface area contributed by atoms with Gasteiger partial charge >= 0.3 is 0 Å². The highest BCUT2D eigenvalue weighted by molar-refractivity contribution is 7.99. The number of aromatic nitrogens is 3. The third kappa shape index (κ3) is 5.68. The molecule has 1 aromatic heterocycles. The van der Waals surface area contributed by atoms with Gasteiger partial charge in [0, 0.05) is 17.4 Å². The van der Waals surface area contributed by atoms with Crippen LogP contribution in [0.3, 0.4) is 0 Å². The third-order valence-electron chi connectivity index (χ3n) is 4.00. The zero-order valence-corrected chi connectivity index (χ0v) is 18.5. The first kappa shape index (κ1) is 22.0. The maximum absolute atomic E-state index is 12.3. The molecule has 158 valence electrons. The molecule has 0 aliphatic rings. The van der Waals surface area contributed by atoms with Crippen LogP contribution in [0.25, 0.3) is 5.69 Å². The second kappa shape index (κ2) is 9.41. The molecule has 0 radical (unpaired) electrons. The Hall–Kier alpha value is -2.69. The summed E-state index contributed by atoms with van der Waals surface area (Å²) in [6.07, 6.45) is 1.61. The number of hydrogen-bond donors (Lipinski definition) is 2. The highest BCUT2D eigenvalue weighted by Crippen LogP contribution is 2.20. The summed E-state index contributed by atoms with van der Waals surface area (Å²) in [6, 6.07) is 13.8. The van der Waals surface area contributed by atoms with E-state index in [-0.39, 0.29) is 22.6 Å². The van der Waals surface area contributed by atoms with Gasteiger partial charge in [-0.15, -0.1) is 10.2 Å². The van der Waals surface area contributed by atoms with E-state index in [1.807, 2.05) is 35.8 Å². The monoisotopic (exact) mass is 445 g/mol. The number of benzene rings is 2. The van der Waals surface area contributed by atoms with Crippen LogP contribution in [-0.2, 0) is 14.8 Å². The van der Waals surface area contributed by atoms with Gasteiger partial charge < -0.3 is 5.32 Å². The van der Waals surface area contributed by atoms with Crippen LogP contribution in [0.2, 0.25) is 0 Å². The van der Waals surface area contributed by atoms with E-state index in [2.05, 4.69) is 20.2 Å². The Morgan fingerprint density at radius 3 is 2.40 bits per heavy atom. The van der Waals surface area contributed by atoms with Crippen molar-refractivity contribution in [1.29, 1.82) is 0 Å². The van der Waals surface area contributed by atoms with Gasteiger partial charge in [-0.1, -0.05) is 29.5 Å². The Labute approximate surface area is 180 Å². The smallest absolute Gasteiger partial charge is 0.240 e. The van der Waals surface area contributed by atoms with E-state index in [0.717, 1.165) is 11.3 Å². The van der Waals surface area contributed by atoms with Gasteiger partial charge in [0.25, 0.3) is 0 Å². The number of sulfonamides is 1. The molecule has 3 rings (SSSR count). The van der Waals surface area contributed by atoms with Crippen molar-refractivity contribution in [3.05, 3.63) is 60.4 Å². The summed E-state index contributed by atoms with van der Waals surface area (Å²) in [5, 5.41) is 11.4. The van der Waals surface area contributed by atoms with Crippen molar-refractivity contribution < 1.29 is 13.2 Å². The number of rotatable bonds is 8. The molecule has 10 heteroatoms. The van der Waals surface area contributed by atoms with Crippen LogP contribution in [0, 0.1) is 6.92 Å². The fraction of sp³-hybridized carbons (Fsp3) is 0.250. The summed E-state index contributed by atoms with van der Waals surface area (Å²) in [4.78, 5) is 12.5. The highest BCUT2D eigenvalue weighted by atomic mass is 32.2. The Morgan fingerprint density at radius 2 is 1.77 bits per heavy atom. The fourth-order valence-corrected chi connectivity index (χ4v) is 4.61. The SMILES string of the molecule is Cc1ccc(-n2cnnc2SCC(=O)Nc2ccc(S(=O)(=O)NC(C)C)cc2)cc1. The summed E-state index contributed by atoms with van der Waals surface area (Å²) in [5.74, 6) is -0.0890. The van der Waals surface area contributed by atoms with Gasteiger partial charge in [-0.05, 0) is 57.2 Å². The zero-order chi connectivity index (χ0) is 21.7. The molecule has 0 aliphatic heterocycles. The van der Waals surface area contributed by atoms with Crippen molar-refractivity contribution >= 4 is 33.4 Å². The van der Waals surface area contributed by atoms with Gasteiger partial charge in [-0.3, -0.25) is 9.36 Å². The topological polar surface area (TPSA) is 106 Å². The highest BCUT2D eigenvalue weighted by Gasteiger charge is 2.15. The second-order valence-corrected chi connectivity index (χ2v) is 9.61. The molecular weight excluding hydrogens is 422 g/mol. The average molecular weight is 446 g/mol. The molecular formula is C20H23N5O3S2. The number of carbonyl (C=O) groups is 1. The molecule has 0 aliphatic carbocycles. The zero-order valence-electron chi connectivity index (χ0n) is 16.9. The van der Waals surface area contributed by atoms with E-state index in [1.165, 1.54) is 23.9 Å². The van der Waals surface area contributed by atoms with Gasteiger partial charge in [0.15, 0.2) is 5.16 Å². The van der Waals surface area contributed by atoms with Crippen LogP contribution in [0.1, 0.15) is 19.4 Å². The number of thioether (sulfide) groups is 1. The molecule has 2 N–H and O–H groups in total. The lowest BCUT2D eigenvalue weighted by Gasteiger charge is -2.10. The van der Waals surface area contributed by atoms with Gasteiger partial charge in [0.1, 0.15) is 6.33 Å². The Morgan fingerprint density at radius 1 is 1.10 bits per heavy atom.